The van der Waals surface area contributed by atoms with Gasteiger partial charge in [0.2, 0.25) is 0 Å². The number of rotatable bonds is 4. The molecule has 1 heterocycles. The van der Waals surface area contributed by atoms with Gasteiger partial charge < -0.3 is 0 Å². The van der Waals surface area contributed by atoms with E-state index in [0.29, 0.717) is 24.3 Å². The molecule has 0 aliphatic carbocycles. The van der Waals surface area contributed by atoms with E-state index in [0.717, 1.165) is 12.8 Å². The van der Waals surface area contributed by atoms with Gasteiger partial charge in [0, 0.05) is 24.0 Å². The van der Waals surface area contributed by atoms with Gasteiger partial charge in [0.05, 0.1) is 0 Å². The summed E-state index contributed by atoms with van der Waals surface area (Å²) < 4.78 is 28.4. The molecule has 1 fully saturated rings. The van der Waals surface area contributed by atoms with Gasteiger partial charge in [-0.1, -0.05) is 22.9 Å². The lowest BCUT2D eigenvalue weighted by Crippen LogP contribution is -2.52. The molecule has 1 N–H and O–H groups in total. The largest absolute Gasteiger partial charge is 0.279 e. The molecule has 96 valence electrons. The van der Waals surface area contributed by atoms with Crippen LogP contribution in [0.5, 0.6) is 0 Å². The smallest absolute Gasteiger partial charge is 0.196 e. The van der Waals surface area contributed by atoms with Crippen LogP contribution in [0, 0.1) is 5.92 Å². The third kappa shape index (κ3) is 3.98. The molecule has 0 aromatic carbocycles. The van der Waals surface area contributed by atoms with Gasteiger partial charge in [-0.15, -0.1) is 0 Å². The van der Waals surface area contributed by atoms with Crippen LogP contribution < -0.4 is 4.72 Å². The molecule has 1 aliphatic heterocycles. The molecule has 0 saturated carbocycles. The summed E-state index contributed by atoms with van der Waals surface area (Å²) in [6.45, 7) is 7.17. The molecule has 1 aliphatic rings. The normalized spacial score (nSPS) is 21.2. The van der Waals surface area contributed by atoms with Gasteiger partial charge in [-0.2, -0.15) is 17.4 Å². The number of halogens is 1. The zero-order valence-corrected chi connectivity index (χ0v) is 12.6. The Morgan fingerprint density at radius 3 is 2.31 bits per heavy atom. The summed E-state index contributed by atoms with van der Waals surface area (Å²) in [5.41, 5.74) is -0.443. The van der Waals surface area contributed by atoms with Crippen molar-refractivity contribution < 1.29 is 8.42 Å². The standard InChI is InChI=1S/C10H21BrN2O2S/c1-9-4-6-13(7-5-9)16(14,15)12-10(2,3)8-11/h9,12H,4-8H2,1-3H3. The molecule has 6 heteroatoms. The molecule has 0 aromatic rings. The zero-order valence-electron chi connectivity index (χ0n) is 10.2. The highest BCUT2D eigenvalue weighted by Gasteiger charge is 2.31. The van der Waals surface area contributed by atoms with Crippen LogP contribution in [-0.4, -0.2) is 36.7 Å². The molecule has 4 nitrogen and oxygen atoms in total. The first kappa shape index (κ1) is 14.4. The predicted octanol–water partition coefficient (Wildman–Crippen LogP) is 1.73. The van der Waals surface area contributed by atoms with Crippen molar-refractivity contribution in [3.05, 3.63) is 0 Å². The van der Waals surface area contributed by atoms with Crippen LogP contribution in [-0.2, 0) is 10.2 Å². The second-order valence-electron chi connectivity index (χ2n) is 5.21. The van der Waals surface area contributed by atoms with Crippen LogP contribution in [0.25, 0.3) is 0 Å². The summed E-state index contributed by atoms with van der Waals surface area (Å²) in [5.74, 6) is 0.635. The van der Waals surface area contributed by atoms with Gasteiger partial charge in [0.25, 0.3) is 10.2 Å². The van der Waals surface area contributed by atoms with E-state index in [1.807, 2.05) is 13.8 Å². The van der Waals surface area contributed by atoms with Gasteiger partial charge >= 0.3 is 0 Å². The van der Waals surface area contributed by atoms with E-state index in [1.165, 1.54) is 0 Å². The monoisotopic (exact) mass is 312 g/mol. The lowest BCUT2D eigenvalue weighted by atomic mass is 10.0. The molecule has 1 rings (SSSR count). The van der Waals surface area contributed by atoms with E-state index in [4.69, 9.17) is 0 Å². The van der Waals surface area contributed by atoms with Crippen LogP contribution in [0.4, 0.5) is 0 Å². The molecule has 0 aromatic heterocycles. The highest BCUT2D eigenvalue weighted by atomic mass is 79.9. The van der Waals surface area contributed by atoms with E-state index in [2.05, 4.69) is 27.6 Å². The maximum Gasteiger partial charge on any atom is 0.279 e. The Kier molecular flexibility index (Phi) is 4.80. The Hall–Kier alpha value is 0.350. The van der Waals surface area contributed by atoms with E-state index >= 15 is 0 Å². The topological polar surface area (TPSA) is 49.4 Å². The van der Waals surface area contributed by atoms with Gasteiger partial charge in [-0.05, 0) is 32.6 Å². The first-order valence-corrected chi connectivity index (χ1v) is 8.18. The molecular weight excluding hydrogens is 292 g/mol. The fourth-order valence-electron chi connectivity index (χ4n) is 1.67. The minimum atomic E-state index is -3.32. The summed E-state index contributed by atoms with van der Waals surface area (Å²) in [7, 11) is -3.32. The fourth-order valence-corrected chi connectivity index (χ4v) is 3.58. The maximum absolute atomic E-state index is 12.1. The Morgan fingerprint density at radius 1 is 1.38 bits per heavy atom. The number of nitrogens with zero attached hydrogens (tertiary/aromatic N) is 1. The number of nitrogens with one attached hydrogen (secondary N) is 1. The summed E-state index contributed by atoms with van der Waals surface area (Å²) in [6, 6.07) is 0. The van der Waals surface area contributed by atoms with Crippen molar-refractivity contribution in [3.63, 3.8) is 0 Å². The summed E-state index contributed by atoms with van der Waals surface area (Å²) in [6.07, 6.45) is 1.91. The summed E-state index contributed by atoms with van der Waals surface area (Å²) >= 11 is 3.31. The van der Waals surface area contributed by atoms with Crippen LogP contribution in [0.1, 0.15) is 33.6 Å². The molecule has 0 atom stereocenters. The highest BCUT2D eigenvalue weighted by Crippen LogP contribution is 2.19. The second-order valence-corrected chi connectivity index (χ2v) is 7.44. The molecule has 0 unspecified atom stereocenters. The average molecular weight is 313 g/mol. The number of hydrogen-bond donors (Lipinski definition) is 1. The number of alkyl halides is 1. The Bertz CT molecular complexity index is 322. The molecule has 1 saturated heterocycles. The van der Waals surface area contributed by atoms with Crippen molar-refractivity contribution in [3.8, 4) is 0 Å². The van der Waals surface area contributed by atoms with Crippen molar-refractivity contribution in [1.82, 2.24) is 9.03 Å². The third-order valence-electron chi connectivity index (χ3n) is 2.82. The Balaban J connectivity index is 2.64. The van der Waals surface area contributed by atoms with Crippen molar-refractivity contribution in [1.29, 1.82) is 0 Å². The minimum Gasteiger partial charge on any atom is -0.196 e. The van der Waals surface area contributed by atoms with Gasteiger partial charge in [-0.3, -0.25) is 0 Å². The predicted molar refractivity (Wildman–Crippen MR) is 69.9 cm³/mol. The van der Waals surface area contributed by atoms with Crippen LogP contribution in [0.2, 0.25) is 0 Å². The summed E-state index contributed by atoms with van der Waals surface area (Å²) in [4.78, 5) is 0. The molecule has 0 radical (unpaired) electrons. The zero-order chi connectivity index (χ0) is 12.4. The van der Waals surface area contributed by atoms with Crippen molar-refractivity contribution in [2.24, 2.45) is 5.92 Å². The van der Waals surface area contributed by atoms with Crippen LogP contribution >= 0.6 is 15.9 Å². The quantitative estimate of drug-likeness (QED) is 0.804. The van der Waals surface area contributed by atoms with E-state index in [-0.39, 0.29) is 0 Å². The molecule has 0 spiro atoms. The first-order chi connectivity index (χ1) is 7.27. The average Bonchev–Trinajstić information content (AvgIpc) is 2.17. The minimum absolute atomic E-state index is 0.443. The van der Waals surface area contributed by atoms with Crippen molar-refractivity contribution in [2.45, 2.75) is 39.2 Å². The Morgan fingerprint density at radius 2 is 1.88 bits per heavy atom. The lowest BCUT2D eigenvalue weighted by Gasteiger charge is -2.33. The highest BCUT2D eigenvalue weighted by molar-refractivity contribution is 9.09. The molecule has 16 heavy (non-hydrogen) atoms. The maximum atomic E-state index is 12.1. The van der Waals surface area contributed by atoms with Gasteiger partial charge in [0.1, 0.15) is 0 Å². The SMILES string of the molecule is CC1CCN(S(=O)(=O)NC(C)(C)CBr)CC1. The number of piperidine rings is 1. The van der Waals surface area contributed by atoms with Crippen LogP contribution in [0.15, 0.2) is 0 Å². The number of hydrogen-bond acceptors (Lipinski definition) is 2. The van der Waals surface area contributed by atoms with E-state index in [1.54, 1.807) is 4.31 Å². The summed E-state index contributed by atoms with van der Waals surface area (Å²) in [5, 5.41) is 0.601. The van der Waals surface area contributed by atoms with Gasteiger partial charge in [0.15, 0.2) is 0 Å². The van der Waals surface area contributed by atoms with Crippen LogP contribution in [0.3, 0.4) is 0 Å². The lowest BCUT2D eigenvalue weighted by molar-refractivity contribution is 0.281. The molecular formula is C10H21BrN2O2S. The van der Waals surface area contributed by atoms with Crippen molar-refractivity contribution in [2.75, 3.05) is 18.4 Å². The molecule has 0 bridgehead atoms. The first-order valence-electron chi connectivity index (χ1n) is 5.62. The second kappa shape index (κ2) is 5.33. The molecule has 0 amide bonds. The van der Waals surface area contributed by atoms with E-state index in [9.17, 15) is 8.42 Å². The fraction of sp³-hybridized carbons (Fsp3) is 1.00. The third-order valence-corrected chi connectivity index (χ3v) is 6.08. The van der Waals surface area contributed by atoms with Crippen molar-refractivity contribution >= 4 is 26.1 Å². The Labute approximate surface area is 107 Å². The van der Waals surface area contributed by atoms with Gasteiger partial charge in [-0.25, -0.2) is 0 Å². The van der Waals surface area contributed by atoms with E-state index < -0.39 is 15.7 Å².